The number of hydrogen-bond acceptors (Lipinski definition) is 4. The van der Waals surface area contributed by atoms with E-state index in [1.54, 1.807) is 30.3 Å². The quantitative estimate of drug-likeness (QED) is 0.497. The van der Waals surface area contributed by atoms with E-state index in [2.05, 4.69) is 21.2 Å². The fraction of sp³-hybridized carbons (Fsp3) is 0.238. The average molecular weight is 447 g/mol. The molecule has 0 atom stereocenters. The molecule has 0 heterocycles. The van der Waals surface area contributed by atoms with Crippen LogP contribution < -0.4 is 14.8 Å². The van der Waals surface area contributed by atoms with Crippen molar-refractivity contribution in [2.75, 3.05) is 7.11 Å². The Balaban J connectivity index is 2.30. The molecule has 0 saturated heterocycles. The van der Waals surface area contributed by atoms with Crippen LogP contribution in [0.25, 0.3) is 6.08 Å². The number of carbonyl (C=O) groups excluding carboxylic acids is 1. The van der Waals surface area contributed by atoms with Crippen molar-refractivity contribution in [3.8, 4) is 17.6 Å². The number of rotatable bonds is 7. The topological polar surface area (TPSA) is 71.3 Å². The zero-order chi connectivity index (χ0) is 20.7. The van der Waals surface area contributed by atoms with E-state index in [-0.39, 0.29) is 24.0 Å². The van der Waals surface area contributed by atoms with Gasteiger partial charge in [-0.05, 0) is 59.6 Å². The minimum absolute atomic E-state index is 0.0249. The zero-order valence-electron chi connectivity index (χ0n) is 15.8. The first-order valence-corrected chi connectivity index (χ1v) is 9.31. The Morgan fingerprint density at radius 2 is 2.07 bits per heavy atom. The third-order valence-electron chi connectivity index (χ3n) is 3.68. The number of nitrogens with one attached hydrogen (secondary N) is 1. The van der Waals surface area contributed by atoms with Gasteiger partial charge < -0.3 is 14.8 Å². The van der Waals surface area contributed by atoms with Crippen LogP contribution >= 0.6 is 15.9 Å². The molecule has 1 N–H and O–H groups in total. The lowest BCUT2D eigenvalue weighted by Gasteiger charge is -2.14. The summed E-state index contributed by atoms with van der Waals surface area (Å²) in [6.07, 6.45) is 1.46. The summed E-state index contributed by atoms with van der Waals surface area (Å²) >= 11 is 3.41. The smallest absolute Gasteiger partial charge is 0.262 e. The fourth-order valence-corrected chi connectivity index (χ4v) is 2.96. The third kappa shape index (κ3) is 5.57. The monoisotopic (exact) mass is 446 g/mol. The van der Waals surface area contributed by atoms with E-state index >= 15 is 0 Å². The number of nitriles is 1. The Bertz CT molecular complexity index is 936. The molecule has 0 bridgehead atoms. The summed E-state index contributed by atoms with van der Waals surface area (Å²) in [5, 5.41) is 12.0. The molecule has 1 amide bonds. The first-order chi connectivity index (χ1) is 13.3. The molecule has 0 aliphatic rings. The van der Waals surface area contributed by atoms with E-state index in [0.29, 0.717) is 27.1 Å². The number of benzene rings is 2. The van der Waals surface area contributed by atoms with Gasteiger partial charge in [-0.2, -0.15) is 5.26 Å². The van der Waals surface area contributed by atoms with Crippen LogP contribution in [0.4, 0.5) is 4.39 Å². The van der Waals surface area contributed by atoms with Crippen LogP contribution in [-0.4, -0.2) is 19.1 Å². The van der Waals surface area contributed by atoms with Gasteiger partial charge in [0.25, 0.3) is 5.91 Å². The van der Waals surface area contributed by atoms with Crippen molar-refractivity contribution in [1.82, 2.24) is 5.32 Å². The SMILES string of the molecule is COc1cc(/C=C(/C#N)C(=O)NC(C)C)cc(Br)c1OCc1ccccc1F. The molecule has 2 aromatic carbocycles. The van der Waals surface area contributed by atoms with Crippen molar-refractivity contribution in [1.29, 1.82) is 5.26 Å². The minimum atomic E-state index is -0.451. The predicted octanol–water partition coefficient (Wildman–Crippen LogP) is 4.61. The highest BCUT2D eigenvalue weighted by atomic mass is 79.9. The first kappa shape index (κ1) is 21.5. The summed E-state index contributed by atoms with van der Waals surface area (Å²) in [6.45, 7) is 3.65. The number of ether oxygens (including phenoxy) is 2. The van der Waals surface area contributed by atoms with E-state index in [4.69, 9.17) is 9.47 Å². The van der Waals surface area contributed by atoms with Crippen LogP contribution in [0.15, 0.2) is 46.4 Å². The molecule has 0 aromatic heterocycles. The summed E-state index contributed by atoms with van der Waals surface area (Å²) in [5.74, 6) is -0.0222. The second-order valence-corrected chi connectivity index (χ2v) is 7.07. The van der Waals surface area contributed by atoms with Crippen LogP contribution in [0.2, 0.25) is 0 Å². The Hall–Kier alpha value is -2.85. The Morgan fingerprint density at radius 1 is 1.36 bits per heavy atom. The van der Waals surface area contributed by atoms with E-state index < -0.39 is 5.91 Å². The largest absolute Gasteiger partial charge is 0.493 e. The first-order valence-electron chi connectivity index (χ1n) is 8.52. The fourth-order valence-electron chi connectivity index (χ4n) is 2.38. The normalized spacial score (nSPS) is 11.1. The van der Waals surface area contributed by atoms with Crippen molar-refractivity contribution >= 4 is 27.9 Å². The van der Waals surface area contributed by atoms with Gasteiger partial charge in [-0.3, -0.25) is 4.79 Å². The maximum absolute atomic E-state index is 13.8. The second kappa shape index (κ2) is 9.90. The summed E-state index contributed by atoms with van der Waals surface area (Å²) in [6, 6.07) is 11.5. The van der Waals surface area contributed by atoms with Gasteiger partial charge in [0.2, 0.25) is 0 Å². The molecule has 0 aliphatic heterocycles. The maximum atomic E-state index is 13.8. The zero-order valence-corrected chi connectivity index (χ0v) is 17.3. The maximum Gasteiger partial charge on any atom is 0.262 e. The molecule has 2 rings (SSSR count). The number of nitrogens with zero attached hydrogens (tertiary/aromatic N) is 1. The number of methoxy groups -OCH3 is 1. The van der Waals surface area contributed by atoms with Crippen LogP contribution in [-0.2, 0) is 11.4 Å². The molecule has 0 radical (unpaired) electrons. The molecule has 2 aromatic rings. The van der Waals surface area contributed by atoms with E-state index in [0.717, 1.165) is 0 Å². The molecule has 28 heavy (non-hydrogen) atoms. The Labute approximate surface area is 171 Å². The van der Waals surface area contributed by atoms with Gasteiger partial charge in [0, 0.05) is 11.6 Å². The number of halogens is 2. The third-order valence-corrected chi connectivity index (χ3v) is 4.27. The van der Waals surface area contributed by atoms with E-state index in [1.807, 2.05) is 19.9 Å². The van der Waals surface area contributed by atoms with Crippen LogP contribution in [0.3, 0.4) is 0 Å². The molecule has 0 unspecified atom stereocenters. The van der Waals surface area contributed by atoms with Crippen molar-refractivity contribution in [3.63, 3.8) is 0 Å². The lowest BCUT2D eigenvalue weighted by atomic mass is 10.1. The molecule has 0 saturated carbocycles. The second-order valence-electron chi connectivity index (χ2n) is 6.21. The minimum Gasteiger partial charge on any atom is -0.493 e. The van der Waals surface area contributed by atoms with Crippen LogP contribution in [0.5, 0.6) is 11.5 Å². The lowest BCUT2D eigenvalue weighted by Crippen LogP contribution is -2.30. The summed E-state index contributed by atoms with van der Waals surface area (Å²) in [4.78, 5) is 12.1. The summed E-state index contributed by atoms with van der Waals surface area (Å²) in [5.41, 5.74) is 0.970. The van der Waals surface area contributed by atoms with E-state index in [1.165, 1.54) is 19.3 Å². The standard InChI is InChI=1S/C21H20BrFN2O3/c1-13(2)25-21(26)16(11-24)8-14-9-17(22)20(19(10-14)27-3)28-12-15-6-4-5-7-18(15)23/h4-10,13H,12H2,1-3H3,(H,25,26)/b16-8-. The predicted molar refractivity (Wildman–Crippen MR) is 108 cm³/mol. The number of amides is 1. The highest BCUT2D eigenvalue weighted by Gasteiger charge is 2.15. The molecule has 0 spiro atoms. The molecular weight excluding hydrogens is 427 g/mol. The van der Waals surface area contributed by atoms with Gasteiger partial charge in [-0.1, -0.05) is 18.2 Å². The van der Waals surface area contributed by atoms with Gasteiger partial charge in [0.05, 0.1) is 11.6 Å². The Kier molecular flexibility index (Phi) is 7.59. The molecule has 7 heteroatoms. The molecule has 0 fully saturated rings. The summed E-state index contributed by atoms with van der Waals surface area (Å²) < 4.78 is 25.4. The van der Waals surface area contributed by atoms with Gasteiger partial charge in [0.15, 0.2) is 11.5 Å². The summed E-state index contributed by atoms with van der Waals surface area (Å²) in [7, 11) is 1.47. The molecule has 5 nitrogen and oxygen atoms in total. The molecule has 0 aliphatic carbocycles. The van der Waals surface area contributed by atoms with Gasteiger partial charge in [0.1, 0.15) is 24.1 Å². The van der Waals surface area contributed by atoms with Gasteiger partial charge in [-0.25, -0.2) is 4.39 Å². The van der Waals surface area contributed by atoms with E-state index in [9.17, 15) is 14.4 Å². The van der Waals surface area contributed by atoms with Crippen molar-refractivity contribution in [2.24, 2.45) is 0 Å². The highest BCUT2D eigenvalue weighted by molar-refractivity contribution is 9.10. The van der Waals surface area contributed by atoms with Crippen molar-refractivity contribution < 1.29 is 18.7 Å². The van der Waals surface area contributed by atoms with Crippen molar-refractivity contribution in [2.45, 2.75) is 26.5 Å². The van der Waals surface area contributed by atoms with Crippen LogP contribution in [0, 0.1) is 17.1 Å². The number of hydrogen-bond donors (Lipinski definition) is 1. The van der Waals surface area contributed by atoms with Crippen molar-refractivity contribution in [3.05, 3.63) is 63.4 Å². The highest BCUT2D eigenvalue weighted by Crippen LogP contribution is 2.37. The van der Waals surface area contributed by atoms with Gasteiger partial charge in [-0.15, -0.1) is 0 Å². The van der Waals surface area contributed by atoms with Crippen LogP contribution in [0.1, 0.15) is 25.0 Å². The average Bonchev–Trinajstić information content (AvgIpc) is 2.65. The molecule has 146 valence electrons. The lowest BCUT2D eigenvalue weighted by molar-refractivity contribution is -0.117. The Morgan fingerprint density at radius 3 is 2.68 bits per heavy atom. The van der Waals surface area contributed by atoms with Gasteiger partial charge >= 0.3 is 0 Å². The molecular formula is C21H20BrFN2O3. The number of carbonyl (C=O) groups is 1.